The average Bonchev–Trinajstić information content (AvgIpc) is 2.83. The van der Waals surface area contributed by atoms with Crippen molar-refractivity contribution in [1.82, 2.24) is 15.1 Å². The molecule has 1 aromatic carbocycles. The molecule has 19 heavy (non-hydrogen) atoms. The smallest absolute Gasteiger partial charge is 0.0647 e. The Hall–Kier alpha value is -1.61. The van der Waals surface area contributed by atoms with Gasteiger partial charge in [0.1, 0.15) is 0 Å². The summed E-state index contributed by atoms with van der Waals surface area (Å²) in [6.45, 7) is 6.47. The normalized spacial score (nSPS) is 19.6. The van der Waals surface area contributed by atoms with E-state index in [-0.39, 0.29) is 0 Å². The molecule has 1 N–H and O–H groups in total. The maximum atomic E-state index is 4.61. The second-order valence-electron chi connectivity index (χ2n) is 5.45. The zero-order valence-electron chi connectivity index (χ0n) is 11.7. The van der Waals surface area contributed by atoms with Crippen LogP contribution in [0.1, 0.15) is 30.1 Å². The van der Waals surface area contributed by atoms with Crippen molar-refractivity contribution in [3.8, 4) is 11.1 Å². The van der Waals surface area contributed by atoms with Crippen LogP contribution >= 0.6 is 0 Å². The third-order valence-electron chi connectivity index (χ3n) is 4.02. The fourth-order valence-electron chi connectivity index (χ4n) is 2.85. The number of nitrogens with one attached hydrogen (secondary N) is 1. The first kappa shape index (κ1) is 12.4. The molecule has 100 valence electrons. The minimum atomic E-state index is 0.507. The Kier molecular flexibility index (Phi) is 3.38. The van der Waals surface area contributed by atoms with Gasteiger partial charge >= 0.3 is 0 Å². The van der Waals surface area contributed by atoms with Crippen LogP contribution in [0.15, 0.2) is 30.5 Å². The molecule has 1 aromatic heterocycles. The topological polar surface area (TPSA) is 29.9 Å². The van der Waals surface area contributed by atoms with Crippen LogP contribution in [0.5, 0.6) is 0 Å². The van der Waals surface area contributed by atoms with Crippen LogP contribution in [0, 0.1) is 13.8 Å². The van der Waals surface area contributed by atoms with Crippen molar-refractivity contribution in [2.24, 2.45) is 0 Å². The number of aromatic nitrogens is 2. The SMILES string of the molecule is Cc1ccc(-c2cnn(C3CCCNC3)c2C)cc1. The maximum absolute atomic E-state index is 4.61. The average molecular weight is 255 g/mol. The van der Waals surface area contributed by atoms with Crippen molar-refractivity contribution in [3.05, 3.63) is 41.7 Å². The van der Waals surface area contributed by atoms with Crippen molar-refractivity contribution in [2.75, 3.05) is 13.1 Å². The molecule has 1 atom stereocenters. The lowest BCUT2D eigenvalue weighted by atomic mass is 10.0. The predicted octanol–water partition coefficient (Wildman–Crippen LogP) is 3.09. The van der Waals surface area contributed by atoms with Gasteiger partial charge in [-0.1, -0.05) is 29.8 Å². The van der Waals surface area contributed by atoms with Gasteiger partial charge in [-0.05, 0) is 38.8 Å². The van der Waals surface area contributed by atoms with Gasteiger partial charge in [-0.2, -0.15) is 5.10 Å². The van der Waals surface area contributed by atoms with E-state index in [1.54, 1.807) is 0 Å². The molecule has 2 aromatic rings. The molecule has 1 aliphatic rings. The number of rotatable bonds is 2. The zero-order valence-corrected chi connectivity index (χ0v) is 11.7. The summed E-state index contributed by atoms with van der Waals surface area (Å²) in [5.74, 6) is 0. The number of aryl methyl sites for hydroxylation is 1. The van der Waals surface area contributed by atoms with E-state index in [0.717, 1.165) is 13.1 Å². The van der Waals surface area contributed by atoms with Crippen molar-refractivity contribution in [2.45, 2.75) is 32.7 Å². The Morgan fingerprint density at radius 3 is 2.68 bits per heavy atom. The van der Waals surface area contributed by atoms with Crippen LogP contribution in [-0.4, -0.2) is 22.9 Å². The van der Waals surface area contributed by atoms with E-state index in [1.165, 1.54) is 35.2 Å². The standard InChI is InChI=1S/C16H21N3/c1-12-5-7-14(8-6-12)16-11-18-19(13(16)2)15-4-3-9-17-10-15/h5-8,11,15,17H,3-4,9-10H2,1-2H3. The van der Waals surface area contributed by atoms with Gasteiger partial charge < -0.3 is 5.32 Å². The lowest BCUT2D eigenvalue weighted by Gasteiger charge is -2.24. The van der Waals surface area contributed by atoms with Crippen LogP contribution in [0.4, 0.5) is 0 Å². The zero-order chi connectivity index (χ0) is 13.2. The van der Waals surface area contributed by atoms with E-state index >= 15 is 0 Å². The van der Waals surface area contributed by atoms with Gasteiger partial charge in [0.25, 0.3) is 0 Å². The summed E-state index contributed by atoms with van der Waals surface area (Å²) in [6.07, 6.45) is 4.47. The first-order chi connectivity index (χ1) is 9.25. The van der Waals surface area contributed by atoms with Crippen molar-refractivity contribution >= 4 is 0 Å². The fraction of sp³-hybridized carbons (Fsp3) is 0.438. The molecule has 3 heteroatoms. The Bertz CT molecular complexity index is 548. The quantitative estimate of drug-likeness (QED) is 0.893. The molecule has 2 heterocycles. The van der Waals surface area contributed by atoms with Crippen molar-refractivity contribution in [1.29, 1.82) is 0 Å². The summed E-state index contributed by atoms with van der Waals surface area (Å²) in [5, 5.41) is 8.07. The van der Waals surface area contributed by atoms with E-state index in [4.69, 9.17) is 0 Å². The van der Waals surface area contributed by atoms with Gasteiger partial charge in [0.2, 0.25) is 0 Å². The van der Waals surface area contributed by atoms with Crippen LogP contribution in [0.3, 0.4) is 0 Å². The Morgan fingerprint density at radius 2 is 2.00 bits per heavy atom. The molecule has 0 bridgehead atoms. The largest absolute Gasteiger partial charge is 0.315 e. The first-order valence-electron chi connectivity index (χ1n) is 7.07. The van der Waals surface area contributed by atoms with E-state index in [0.29, 0.717) is 6.04 Å². The van der Waals surface area contributed by atoms with E-state index in [9.17, 15) is 0 Å². The molecular formula is C16H21N3. The molecule has 3 nitrogen and oxygen atoms in total. The van der Waals surface area contributed by atoms with Crippen LogP contribution in [-0.2, 0) is 0 Å². The number of hydrogen-bond donors (Lipinski definition) is 1. The van der Waals surface area contributed by atoms with Gasteiger partial charge in [-0.3, -0.25) is 4.68 Å². The third kappa shape index (κ3) is 2.43. The maximum Gasteiger partial charge on any atom is 0.0647 e. The summed E-state index contributed by atoms with van der Waals surface area (Å²) in [6, 6.07) is 9.20. The Morgan fingerprint density at radius 1 is 1.21 bits per heavy atom. The molecule has 0 radical (unpaired) electrons. The monoisotopic (exact) mass is 255 g/mol. The second kappa shape index (κ2) is 5.17. The molecule has 3 rings (SSSR count). The van der Waals surface area contributed by atoms with Crippen LogP contribution < -0.4 is 5.32 Å². The number of piperidine rings is 1. The van der Waals surface area contributed by atoms with Gasteiger partial charge in [0.05, 0.1) is 12.2 Å². The molecule has 1 fully saturated rings. The summed E-state index contributed by atoms with van der Waals surface area (Å²) < 4.78 is 2.20. The molecule has 0 spiro atoms. The van der Waals surface area contributed by atoms with Crippen molar-refractivity contribution in [3.63, 3.8) is 0 Å². The second-order valence-corrected chi connectivity index (χ2v) is 5.45. The molecule has 1 aliphatic heterocycles. The van der Waals surface area contributed by atoms with Gasteiger partial charge in [-0.25, -0.2) is 0 Å². The lowest BCUT2D eigenvalue weighted by molar-refractivity contribution is 0.342. The Labute approximate surface area is 114 Å². The van der Waals surface area contributed by atoms with Crippen LogP contribution in [0.2, 0.25) is 0 Å². The minimum absolute atomic E-state index is 0.507. The number of hydrogen-bond acceptors (Lipinski definition) is 2. The molecule has 0 amide bonds. The van der Waals surface area contributed by atoms with E-state index in [1.807, 2.05) is 6.20 Å². The third-order valence-corrected chi connectivity index (χ3v) is 4.02. The van der Waals surface area contributed by atoms with Crippen molar-refractivity contribution < 1.29 is 0 Å². The van der Waals surface area contributed by atoms with Gasteiger partial charge in [0, 0.05) is 17.8 Å². The molecule has 0 saturated carbocycles. The van der Waals surface area contributed by atoms with E-state index in [2.05, 4.69) is 53.2 Å². The summed E-state index contributed by atoms with van der Waals surface area (Å²) >= 11 is 0. The molecule has 1 saturated heterocycles. The lowest BCUT2D eigenvalue weighted by Crippen LogP contribution is -2.32. The van der Waals surface area contributed by atoms with Gasteiger partial charge in [0.15, 0.2) is 0 Å². The summed E-state index contributed by atoms with van der Waals surface area (Å²) in [5.41, 5.74) is 5.09. The molecule has 1 unspecified atom stereocenters. The molecular weight excluding hydrogens is 234 g/mol. The van der Waals surface area contributed by atoms with E-state index < -0.39 is 0 Å². The predicted molar refractivity (Wildman–Crippen MR) is 78.3 cm³/mol. The highest BCUT2D eigenvalue weighted by Crippen LogP contribution is 2.27. The highest BCUT2D eigenvalue weighted by atomic mass is 15.3. The summed E-state index contributed by atoms with van der Waals surface area (Å²) in [4.78, 5) is 0. The van der Waals surface area contributed by atoms with Gasteiger partial charge in [-0.15, -0.1) is 0 Å². The fourth-order valence-corrected chi connectivity index (χ4v) is 2.85. The minimum Gasteiger partial charge on any atom is -0.315 e. The number of benzene rings is 1. The highest BCUT2D eigenvalue weighted by molar-refractivity contribution is 5.65. The highest BCUT2D eigenvalue weighted by Gasteiger charge is 2.19. The Balaban J connectivity index is 1.91. The van der Waals surface area contributed by atoms with Crippen LogP contribution in [0.25, 0.3) is 11.1 Å². The molecule has 0 aliphatic carbocycles. The number of nitrogens with zero attached hydrogens (tertiary/aromatic N) is 2. The summed E-state index contributed by atoms with van der Waals surface area (Å²) in [7, 11) is 0. The first-order valence-corrected chi connectivity index (χ1v) is 7.07.